The summed E-state index contributed by atoms with van der Waals surface area (Å²) in [5.41, 5.74) is 0. The zero-order chi connectivity index (χ0) is 12.9. The van der Waals surface area contributed by atoms with Gasteiger partial charge in [-0.15, -0.1) is 0 Å². The first kappa shape index (κ1) is 10.8. The van der Waals surface area contributed by atoms with E-state index < -0.39 is 20.3 Å². The highest BCUT2D eigenvalue weighted by Crippen LogP contribution is 2.59. The molecule has 4 heteroatoms. The third-order valence-corrected chi connectivity index (χ3v) is 8.99. The SMILES string of the molecule is O=C1[C@H]2[C@@H]([C@H]3C=C[C@@H]2C3)S(=O)(=O)[C@@H]2[C@H]1[C@H]1C=C[C@H]2C1. The van der Waals surface area contributed by atoms with Crippen molar-refractivity contribution in [1.29, 1.82) is 0 Å². The number of hydrogen-bond donors (Lipinski definition) is 0. The molecule has 3 nitrogen and oxygen atoms in total. The highest BCUT2D eigenvalue weighted by Gasteiger charge is 2.67. The predicted octanol–water partition coefficient (Wildman–Crippen LogP) is 1.37. The van der Waals surface area contributed by atoms with Crippen LogP contribution in [0.25, 0.3) is 0 Å². The minimum absolute atomic E-state index is 0.105. The average molecular weight is 276 g/mol. The fourth-order valence-corrected chi connectivity index (χ4v) is 8.83. The Morgan fingerprint density at radius 1 is 0.789 bits per heavy atom. The summed E-state index contributed by atoms with van der Waals surface area (Å²) >= 11 is 0. The Balaban J connectivity index is 1.72. The lowest BCUT2D eigenvalue weighted by Crippen LogP contribution is -2.55. The molecule has 3 fully saturated rings. The number of hydrogen-bond acceptors (Lipinski definition) is 3. The van der Waals surface area contributed by atoms with Gasteiger partial charge < -0.3 is 0 Å². The van der Waals surface area contributed by atoms with Gasteiger partial charge in [-0.3, -0.25) is 4.79 Å². The molecule has 4 bridgehead atoms. The lowest BCUT2D eigenvalue weighted by molar-refractivity contribution is -0.128. The van der Waals surface area contributed by atoms with Crippen LogP contribution in [0.1, 0.15) is 12.8 Å². The molecule has 0 radical (unpaired) electrons. The summed E-state index contributed by atoms with van der Waals surface area (Å²) in [6.07, 6.45) is 10.0. The Hall–Kier alpha value is -0.900. The zero-order valence-corrected chi connectivity index (χ0v) is 11.3. The lowest BCUT2D eigenvalue weighted by atomic mass is 9.77. The van der Waals surface area contributed by atoms with Crippen LogP contribution in [-0.2, 0) is 14.6 Å². The molecule has 100 valence electrons. The van der Waals surface area contributed by atoms with Gasteiger partial charge in [-0.25, -0.2) is 8.42 Å². The van der Waals surface area contributed by atoms with Gasteiger partial charge in [0.2, 0.25) is 0 Å². The fourth-order valence-electron chi connectivity index (χ4n) is 5.60. The fraction of sp³-hybridized carbons (Fsp3) is 0.667. The molecule has 1 aliphatic heterocycles. The first-order valence-corrected chi connectivity index (χ1v) is 8.83. The van der Waals surface area contributed by atoms with Crippen molar-refractivity contribution >= 4 is 15.6 Å². The summed E-state index contributed by atoms with van der Waals surface area (Å²) in [6, 6.07) is 0. The molecule has 8 atom stereocenters. The molecule has 1 saturated heterocycles. The van der Waals surface area contributed by atoms with E-state index in [1.54, 1.807) is 0 Å². The van der Waals surface area contributed by atoms with Gasteiger partial charge in [-0.05, 0) is 36.5 Å². The molecule has 0 unspecified atom stereocenters. The Morgan fingerprint density at radius 3 is 1.68 bits per heavy atom. The minimum Gasteiger partial charge on any atom is -0.299 e. The van der Waals surface area contributed by atoms with Crippen LogP contribution in [-0.4, -0.2) is 24.7 Å². The number of carbonyl (C=O) groups is 1. The summed E-state index contributed by atoms with van der Waals surface area (Å²) in [5.74, 6) is 0.408. The molecule has 2 saturated carbocycles. The molecular formula is C15H16O3S. The second kappa shape index (κ2) is 3.05. The first-order valence-electron chi connectivity index (χ1n) is 7.22. The van der Waals surface area contributed by atoms with E-state index in [4.69, 9.17) is 0 Å². The van der Waals surface area contributed by atoms with Crippen LogP contribution in [0, 0.1) is 35.5 Å². The topological polar surface area (TPSA) is 51.2 Å². The first-order chi connectivity index (χ1) is 9.09. The van der Waals surface area contributed by atoms with E-state index in [0.717, 1.165) is 12.8 Å². The van der Waals surface area contributed by atoms with Crippen molar-refractivity contribution in [2.75, 3.05) is 0 Å². The van der Waals surface area contributed by atoms with Gasteiger partial charge in [0.05, 0.1) is 10.5 Å². The Kier molecular flexibility index (Phi) is 1.74. The number of rotatable bonds is 0. The molecule has 0 aromatic carbocycles. The third kappa shape index (κ3) is 1.04. The molecule has 0 amide bonds. The van der Waals surface area contributed by atoms with Gasteiger partial charge in [0.15, 0.2) is 9.84 Å². The summed E-state index contributed by atoms with van der Waals surface area (Å²) < 4.78 is 26.0. The minimum atomic E-state index is -3.16. The van der Waals surface area contributed by atoms with Gasteiger partial charge in [0.25, 0.3) is 0 Å². The van der Waals surface area contributed by atoms with Crippen molar-refractivity contribution in [2.45, 2.75) is 23.3 Å². The van der Waals surface area contributed by atoms with E-state index in [9.17, 15) is 13.2 Å². The van der Waals surface area contributed by atoms with Crippen molar-refractivity contribution in [1.82, 2.24) is 0 Å². The maximum Gasteiger partial charge on any atom is 0.158 e. The molecule has 5 rings (SSSR count). The number of sulfone groups is 1. The zero-order valence-electron chi connectivity index (χ0n) is 10.5. The largest absolute Gasteiger partial charge is 0.299 e. The van der Waals surface area contributed by atoms with Crippen molar-refractivity contribution in [2.24, 2.45) is 35.5 Å². The Bertz CT molecular complexity index is 596. The molecule has 1 heterocycles. The van der Waals surface area contributed by atoms with Crippen molar-refractivity contribution in [3.63, 3.8) is 0 Å². The number of allylic oxidation sites excluding steroid dienone is 4. The summed E-state index contributed by atoms with van der Waals surface area (Å²) in [7, 11) is -3.16. The van der Waals surface area contributed by atoms with Crippen LogP contribution in [0.4, 0.5) is 0 Å². The van der Waals surface area contributed by atoms with Crippen molar-refractivity contribution in [3.05, 3.63) is 24.3 Å². The van der Waals surface area contributed by atoms with Crippen LogP contribution < -0.4 is 0 Å². The molecule has 0 spiro atoms. The summed E-state index contributed by atoms with van der Waals surface area (Å²) in [6.45, 7) is 0. The maximum atomic E-state index is 13.0. The maximum absolute atomic E-state index is 13.0. The van der Waals surface area contributed by atoms with E-state index in [0.29, 0.717) is 0 Å². The molecular weight excluding hydrogens is 260 g/mol. The number of Topliss-reactive ketones (excluding diaryl/α,β-unsaturated/α-hetero) is 1. The monoisotopic (exact) mass is 276 g/mol. The normalized spacial score (nSPS) is 58.6. The summed E-state index contributed by atoms with van der Waals surface area (Å²) in [5, 5.41) is -0.798. The standard InChI is InChI=1S/C15H16O3S/c16-13-11-7-1-3-9(5-7)14(11)19(17,18)15-10-4-2-8(6-10)12(13)15/h1-4,7-12,14-15H,5-6H2/t7-,8+,9-,10-,11-,12-,14-,15+/m0/s1. The summed E-state index contributed by atoms with van der Waals surface area (Å²) in [4.78, 5) is 12.8. The third-order valence-electron chi connectivity index (χ3n) is 6.19. The van der Waals surface area contributed by atoms with Gasteiger partial charge in [-0.1, -0.05) is 24.3 Å². The van der Waals surface area contributed by atoms with Gasteiger partial charge >= 0.3 is 0 Å². The average Bonchev–Trinajstić information content (AvgIpc) is 3.11. The van der Waals surface area contributed by atoms with E-state index in [1.165, 1.54) is 0 Å². The smallest absolute Gasteiger partial charge is 0.158 e. The Labute approximate surface area is 112 Å². The van der Waals surface area contributed by atoms with E-state index >= 15 is 0 Å². The van der Waals surface area contributed by atoms with Crippen LogP contribution in [0.2, 0.25) is 0 Å². The van der Waals surface area contributed by atoms with Crippen LogP contribution >= 0.6 is 0 Å². The second-order valence-corrected chi connectivity index (χ2v) is 9.14. The lowest BCUT2D eigenvalue weighted by Gasteiger charge is -2.41. The molecule has 19 heavy (non-hydrogen) atoms. The molecule has 5 aliphatic rings. The quantitative estimate of drug-likeness (QED) is 0.628. The second-order valence-electron chi connectivity index (χ2n) is 6.87. The van der Waals surface area contributed by atoms with Crippen LogP contribution in [0.15, 0.2) is 24.3 Å². The highest BCUT2D eigenvalue weighted by molar-refractivity contribution is 7.92. The van der Waals surface area contributed by atoms with Gasteiger partial charge in [-0.2, -0.15) is 0 Å². The molecule has 0 aromatic rings. The van der Waals surface area contributed by atoms with E-state index in [2.05, 4.69) is 12.2 Å². The van der Waals surface area contributed by atoms with Crippen molar-refractivity contribution < 1.29 is 13.2 Å². The predicted molar refractivity (Wildman–Crippen MR) is 70.0 cm³/mol. The number of carbonyl (C=O) groups excluding carboxylic acids is 1. The van der Waals surface area contributed by atoms with Gasteiger partial charge in [0, 0.05) is 11.8 Å². The van der Waals surface area contributed by atoms with E-state index in [1.807, 2.05) is 12.2 Å². The molecule has 4 aliphatic carbocycles. The highest BCUT2D eigenvalue weighted by atomic mass is 32.2. The molecule has 0 N–H and O–H groups in total. The van der Waals surface area contributed by atoms with E-state index in [-0.39, 0.29) is 41.3 Å². The van der Waals surface area contributed by atoms with Gasteiger partial charge in [0.1, 0.15) is 5.78 Å². The van der Waals surface area contributed by atoms with Crippen molar-refractivity contribution in [3.8, 4) is 0 Å². The Morgan fingerprint density at radius 2 is 1.21 bits per heavy atom. The van der Waals surface area contributed by atoms with Crippen LogP contribution in [0.5, 0.6) is 0 Å². The van der Waals surface area contributed by atoms with Crippen LogP contribution in [0.3, 0.4) is 0 Å². The molecule has 0 aromatic heterocycles. The number of fused-ring (bicyclic) bond motifs is 10. The number of ketones is 1.